The summed E-state index contributed by atoms with van der Waals surface area (Å²) in [6.45, 7) is 2.08. The van der Waals surface area contributed by atoms with E-state index < -0.39 is 0 Å². The van der Waals surface area contributed by atoms with Gasteiger partial charge in [0.2, 0.25) is 0 Å². The number of rotatable bonds is 1. The highest BCUT2D eigenvalue weighted by Crippen LogP contribution is 2.45. The molecule has 0 amide bonds. The molecular formula is C30H18N2S. The third-order valence-corrected chi connectivity index (χ3v) is 8.22. The number of nitrogens with zero attached hydrogens (tertiary/aromatic N) is 2. The van der Waals surface area contributed by atoms with Crippen LogP contribution < -0.4 is 0 Å². The molecule has 33 heavy (non-hydrogen) atoms. The summed E-state index contributed by atoms with van der Waals surface area (Å²) < 4.78 is 5.21. The molecule has 4 aromatic heterocycles. The first-order chi connectivity index (χ1) is 16.3. The highest BCUT2D eigenvalue weighted by atomic mass is 32.1. The zero-order chi connectivity index (χ0) is 21.7. The van der Waals surface area contributed by atoms with Gasteiger partial charge in [0.15, 0.2) is 0 Å². The van der Waals surface area contributed by atoms with Crippen molar-refractivity contribution in [3.63, 3.8) is 0 Å². The van der Waals surface area contributed by atoms with Gasteiger partial charge in [-0.1, -0.05) is 60.7 Å². The highest BCUT2D eigenvalue weighted by Gasteiger charge is 2.20. The van der Waals surface area contributed by atoms with E-state index in [1.807, 2.05) is 17.5 Å². The number of hydrogen-bond acceptors (Lipinski definition) is 2. The maximum Gasteiger partial charge on any atom is 0.0720 e. The molecule has 0 aliphatic rings. The molecule has 0 saturated carbocycles. The molecule has 0 unspecified atom stereocenters. The second-order valence-corrected chi connectivity index (χ2v) is 9.98. The molecule has 4 aromatic carbocycles. The molecule has 0 saturated heterocycles. The Labute approximate surface area is 193 Å². The van der Waals surface area contributed by atoms with Crippen molar-refractivity contribution in [2.75, 3.05) is 0 Å². The van der Waals surface area contributed by atoms with Crippen molar-refractivity contribution in [1.29, 1.82) is 0 Å². The number of benzene rings is 4. The molecule has 0 atom stereocenters. The van der Waals surface area contributed by atoms with Crippen molar-refractivity contribution in [3.05, 3.63) is 96.7 Å². The minimum absolute atomic E-state index is 1.02. The lowest BCUT2D eigenvalue weighted by Gasteiger charge is -2.04. The molecule has 8 aromatic rings. The van der Waals surface area contributed by atoms with Crippen LogP contribution in [0.5, 0.6) is 0 Å². The van der Waals surface area contributed by atoms with Gasteiger partial charge in [0, 0.05) is 48.8 Å². The lowest BCUT2D eigenvalue weighted by atomic mass is 10.0. The van der Waals surface area contributed by atoms with Crippen LogP contribution in [0.1, 0.15) is 5.56 Å². The normalized spacial score (nSPS) is 12.4. The Morgan fingerprint density at radius 2 is 1.45 bits per heavy atom. The summed E-state index contributed by atoms with van der Waals surface area (Å²) in [7, 11) is 0. The quantitative estimate of drug-likeness (QED) is 0.251. The number of para-hydroxylation sites is 1. The number of aromatic nitrogens is 2. The molecule has 0 radical (unpaired) electrons. The first kappa shape index (κ1) is 17.6. The fourth-order valence-corrected chi connectivity index (χ4v) is 6.77. The molecule has 4 heterocycles. The van der Waals surface area contributed by atoms with Gasteiger partial charge in [0.05, 0.1) is 26.9 Å². The molecule has 154 valence electrons. The monoisotopic (exact) mass is 438 g/mol. The minimum Gasteiger partial charge on any atom is -0.307 e. The van der Waals surface area contributed by atoms with Gasteiger partial charge in [-0.2, -0.15) is 0 Å². The highest BCUT2D eigenvalue weighted by molar-refractivity contribution is 7.26. The lowest BCUT2D eigenvalue weighted by Crippen LogP contribution is -1.85. The van der Waals surface area contributed by atoms with Crippen LogP contribution in [0.3, 0.4) is 0 Å². The molecule has 8 rings (SSSR count). The fraction of sp³-hybridized carbons (Fsp3) is 0.0333. The van der Waals surface area contributed by atoms with Gasteiger partial charge in [0.25, 0.3) is 0 Å². The van der Waals surface area contributed by atoms with Crippen LogP contribution >= 0.6 is 11.3 Å². The Morgan fingerprint density at radius 1 is 0.667 bits per heavy atom. The molecule has 0 fully saturated rings. The Kier molecular flexibility index (Phi) is 3.25. The molecule has 0 spiro atoms. The fourth-order valence-electron chi connectivity index (χ4n) is 5.53. The second kappa shape index (κ2) is 6.09. The predicted octanol–water partition coefficient (Wildman–Crippen LogP) is 8.58. The first-order valence-corrected chi connectivity index (χ1v) is 12.0. The zero-order valence-corrected chi connectivity index (χ0v) is 18.8. The summed E-state index contributed by atoms with van der Waals surface area (Å²) in [5.74, 6) is 0. The SMILES string of the molecule is Cc1ccc(-c2ccc3c(c2)c2cccc4c5ccc6c7ccccc7sc6c5n3c24)nc1. The molecule has 0 aliphatic carbocycles. The van der Waals surface area contributed by atoms with Crippen molar-refractivity contribution < 1.29 is 0 Å². The molecule has 2 nitrogen and oxygen atoms in total. The first-order valence-electron chi connectivity index (χ1n) is 11.2. The Bertz CT molecular complexity index is 2020. The van der Waals surface area contributed by atoms with E-state index >= 15 is 0 Å². The third kappa shape index (κ3) is 2.20. The van der Waals surface area contributed by atoms with Crippen molar-refractivity contribution in [2.24, 2.45) is 0 Å². The lowest BCUT2D eigenvalue weighted by molar-refractivity contribution is 1.27. The van der Waals surface area contributed by atoms with E-state index in [0.717, 1.165) is 11.3 Å². The number of thiophene rings is 1. The van der Waals surface area contributed by atoms with Crippen LogP contribution in [-0.4, -0.2) is 9.38 Å². The van der Waals surface area contributed by atoms with Gasteiger partial charge in [-0.3, -0.25) is 4.98 Å². The van der Waals surface area contributed by atoms with Gasteiger partial charge < -0.3 is 4.40 Å². The summed E-state index contributed by atoms with van der Waals surface area (Å²) in [6.07, 6.45) is 1.94. The van der Waals surface area contributed by atoms with Crippen molar-refractivity contribution in [2.45, 2.75) is 6.92 Å². The van der Waals surface area contributed by atoms with Crippen molar-refractivity contribution >= 4 is 69.6 Å². The van der Waals surface area contributed by atoms with Crippen LogP contribution in [0.2, 0.25) is 0 Å². The van der Waals surface area contributed by atoms with Crippen LogP contribution in [-0.2, 0) is 0 Å². The van der Waals surface area contributed by atoms with Crippen molar-refractivity contribution in [1.82, 2.24) is 9.38 Å². The summed E-state index contributed by atoms with van der Waals surface area (Å²) >= 11 is 1.90. The summed E-state index contributed by atoms with van der Waals surface area (Å²) in [5, 5.41) is 7.95. The molecule has 0 aliphatic heterocycles. The Hall–Kier alpha value is -3.95. The van der Waals surface area contributed by atoms with E-state index in [1.54, 1.807) is 0 Å². The van der Waals surface area contributed by atoms with Gasteiger partial charge in [-0.15, -0.1) is 11.3 Å². The summed E-state index contributed by atoms with van der Waals surface area (Å²) in [6, 6.07) is 31.1. The maximum atomic E-state index is 4.67. The van der Waals surface area contributed by atoms with Gasteiger partial charge in [-0.05, 0) is 36.8 Å². The van der Waals surface area contributed by atoms with Gasteiger partial charge in [0.1, 0.15) is 0 Å². The smallest absolute Gasteiger partial charge is 0.0720 e. The number of fused-ring (bicyclic) bond motifs is 10. The average molecular weight is 439 g/mol. The minimum atomic E-state index is 1.02. The zero-order valence-electron chi connectivity index (χ0n) is 18.0. The third-order valence-electron chi connectivity index (χ3n) is 7.03. The standard InChI is InChI=1S/C30H18N2S/c1-17-9-13-25(31-16-17)18-10-14-26-24(15-18)21-7-4-6-20-22-11-12-23-19-5-2-3-8-27(19)33-30(23)29(22)32(26)28(20)21/h2-16H,1H3. The van der Waals surface area contributed by atoms with Crippen molar-refractivity contribution in [3.8, 4) is 11.3 Å². The molecular weight excluding hydrogens is 420 g/mol. The van der Waals surface area contributed by atoms with Crippen LogP contribution in [0.4, 0.5) is 0 Å². The Balaban J connectivity index is 1.56. The topological polar surface area (TPSA) is 17.3 Å². The molecule has 0 N–H and O–H groups in total. The van der Waals surface area contributed by atoms with Crippen LogP contribution in [0.15, 0.2) is 91.1 Å². The number of hydrogen-bond donors (Lipinski definition) is 0. The van der Waals surface area contributed by atoms with E-state index in [0.29, 0.717) is 0 Å². The van der Waals surface area contributed by atoms with E-state index in [1.165, 1.54) is 63.8 Å². The van der Waals surface area contributed by atoms with Gasteiger partial charge in [-0.25, -0.2) is 0 Å². The summed E-state index contributed by atoms with van der Waals surface area (Å²) in [4.78, 5) is 4.67. The van der Waals surface area contributed by atoms with E-state index in [9.17, 15) is 0 Å². The second-order valence-electron chi connectivity index (χ2n) is 8.93. The predicted molar refractivity (Wildman–Crippen MR) is 142 cm³/mol. The van der Waals surface area contributed by atoms with Crippen LogP contribution in [0, 0.1) is 6.92 Å². The molecule has 0 bridgehead atoms. The van der Waals surface area contributed by atoms with Crippen LogP contribution in [0.25, 0.3) is 69.5 Å². The van der Waals surface area contributed by atoms with E-state index in [2.05, 4.69) is 101 Å². The van der Waals surface area contributed by atoms with E-state index in [4.69, 9.17) is 0 Å². The van der Waals surface area contributed by atoms with Gasteiger partial charge >= 0.3 is 0 Å². The number of pyridine rings is 1. The maximum absolute atomic E-state index is 4.67. The van der Waals surface area contributed by atoms with E-state index in [-0.39, 0.29) is 0 Å². The largest absolute Gasteiger partial charge is 0.307 e. The number of aryl methyl sites for hydroxylation is 1. The summed E-state index contributed by atoms with van der Waals surface area (Å²) in [5.41, 5.74) is 7.27. The molecule has 3 heteroatoms. The Morgan fingerprint density at radius 3 is 2.33 bits per heavy atom. The average Bonchev–Trinajstić information content (AvgIpc) is 3.50.